The average Bonchev–Trinajstić information content (AvgIpc) is 3.37. The molecule has 38 heavy (non-hydrogen) atoms. The van der Waals surface area contributed by atoms with E-state index in [1.54, 1.807) is 25.5 Å². The van der Waals surface area contributed by atoms with E-state index in [-0.39, 0.29) is 30.1 Å². The fraction of sp³-hybridized carbons (Fsp3) is 0.207. The molecule has 0 fully saturated rings. The highest BCUT2D eigenvalue weighted by molar-refractivity contribution is 6.02. The van der Waals surface area contributed by atoms with Gasteiger partial charge < -0.3 is 10.6 Å². The predicted molar refractivity (Wildman–Crippen MR) is 140 cm³/mol. The van der Waals surface area contributed by atoms with E-state index < -0.39 is 17.8 Å². The second-order valence-corrected chi connectivity index (χ2v) is 9.36. The smallest absolute Gasteiger partial charge is 0.254 e. The Labute approximate surface area is 218 Å². The summed E-state index contributed by atoms with van der Waals surface area (Å²) in [7, 11) is 0. The maximum atomic E-state index is 14.7. The van der Waals surface area contributed by atoms with Crippen LogP contribution in [0.1, 0.15) is 46.4 Å². The number of ketones is 1. The van der Waals surface area contributed by atoms with Crippen LogP contribution in [0, 0.1) is 5.82 Å². The third-order valence-corrected chi connectivity index (χ3v) is 6.67. The van der Waals surface area contributed by atoms with Crippen LogP contribution in [0.4, 0.5) is 4.39 Å². The highest BCUT2D eigenvalue weighted by atomic mass is 19.1. The lowest BCUT2D eigenvalue weighted by Crippen LogP contribution is -2.37. The van der Waals surface area contributed by atoms with Gasteiger partial charge in [0.05, 0.1) is 23.3 Å². The zero-order valence-electron chi connectivity index (χ0n) is 20.8. The Morgan fingerprint density at radius 3 is 2.71 bits per heavy atom. The molecule has 9 heteroatoms. The van der Waals surface area contributed by atoms with Crippen molar-refractivity contribution >= 4 is 28.5 Å². The van der Waals surface area contributed by atoms with Gasteiger partial charge in [0.2, 0.25) is 5.91 Å². The fourth-order valence-electron chi connectivity index (χ4n) is 4.76. The largest absolute Gasteiger partial charge is 0.352 e. The summed E-state index contributed by atoms with van der Waals surface area (Å²) >= 11 is 0. The van der Waals surface area contributed by atoms with Crippen molar-refractivity contribution in [2.75, 3.05) is 6.54 Å². The number of carbonyl (C=O) groups excluding carboxylic acids is 3. The van der Waals surface area contributed by atoms with Gasteiger partial charge in [-0.05, 0) is 66.4 Å². The Kier molecular flexibility index (Phi) is 7.08. The van der Waals surface area contributed by atoms with Crippen LogP contribution in [0.2, 0.25) is 0 Å². The van der Waals surface area contributed by atoms with Crippen LogP contribution in [0.15, 0.2) is 78.3 Å². The summed E-state index contributed by atoms with van der Waals surface area (Å²) in [5, 5.41) is 13.4. The van der Waals surface area contributed by atoms with Gasteiger partial charge in [0.1, 0.15) is 5.82 Å². The Balaban J connectivity index is 1.37. The van der Waals surface area contributed by atoms with Crippen LogP contribution in [-0.4, -0.2) is 39.3 Å². The van der Waals surface area contributed by atoms with Crippen LogP contribution in [0.25, 0.3) is 10.9 Å². The topological polar surface area (TPSA) is 117 Å². The van der Waals surface area contributed by atoms with Crippen molar-refractivity contribution in [3.05, 3.63) is 106 Å². The van der Waals surface area contributed by atoms with E-state index >= 15 is 0 Å². The number of aromatic amines is 1. The molecule has 1 aliphatic rings. The highest BCUT2D eigenvalue weighted by Gasteiger charge is 2.31. The van der Waals surface area contributed by atoms with Gasteiger partial charge in [-0.3, -0.25) is 24.5 Å². The maximum Gasteiger partial charge on any atom is 0.254 e. The van der Waals surface area contributed by atoms with Gasteiger partial charge >= 0.3 is 0 Å². The SMILES string of the molecule is CC1=C(C(=O)Cc2ccc3[nH]ncc3c2)C(c2ccc(F)c(C(=O)NCCc3ccncc3)c2)NC(=O)C1. The normalized spacial score (nSPS) is 15.4. The summed E-state index contributed by atoms with van der Waals surface area (Å²) in [6.45, 7) is 2.07. The van der Waals surface area contributed by atoms with Crippen molar-refractivity contribution < 1.29 is 18.8 Å². The number of fused-ring (bicyclic) bond motifs is 1. The molecule has 0 spiro atoms. The molecule has 2 aromatic heterocycles. The number of nitrogens with one attached hydrogen (secondary N) is 3. The van der Waals surface area contributed by atoms with Gasteiger partial charge in [-0.1, -0.05) is 17.7 Å². The number of halogens is 1. The van der Waals surface area contributed by atoms with E-state index in [1.165, 1.54) is 18.2 Å². The number of Topliss-reactive ketones (excluding diaryl/α,β-unsaturated/α-hetero) is 1. The molecule has 2 aromatic carbocycles. The molecule has 0 aliphatic carbocycles. The number of hydrogen-bond acceptors (Lipinski definition) is 5. The first-order chi connectivity index (χ1) is 18.4. The molecule has 0 bridgehead atoms. The number of pyridine rings is 1. The predicted octanol–water partition coefficient (Wildman–Crippen LogP) is 3.76. The second kappa shape index (κ2) is 10.8. The first-order valence-electron chi connectivity index (χ1n) is 12.3. The van der Waals surface area contributed by atoms with Gasteiger partial charge in [0.15, 0.2) is 5.78 Å². The number of aromatic nitrogens is 3. The lowest BCUT2D eigenvalue weighted by atomic mass is 9.85. The zero-order chi connectivity index (χ0) is 26.6. The average molecular weight is 512 g/mol. The molecular weight excluding hydrogens is 485 g/mol. The zero-order valence-corrected chi connectivity index (χ0v) is 20.8. The molecule has 8 nitrogen and oxygen atoms in total. The molecule has 0 saturated heterocycles. The Bertz CT molecular complexity index is 1560. The number of amides is 2. The standard InChI is InChI=1S/C29H26FN5O3/c1-17-12-26(37)34-28(27(17)25(36)14-19-2-5-24-21(13-19)16-33-35-24)20-3-4-23(30)22(15-20)29(38)32-11-8-18-6-9-31-10-7-18/h2-7,9-10,13,15-16,28H,8,11-12,14H2,1H3,(H,32,38)(H,33,35)(H,34,37). The van der Waals surface area contributed by atoms with Gasteiger partial charge in [-0.2, -0.15) is 5.10 Å². The summed E-state index contributed by atoms with van der Waals surface area (Å²) < 4.78 is 14.7. The van der Waals surface area contributed by atoms with E-state index in [1.807, 2.05) is 30.3 Å². The molecule has 0 saturated carbocycles. The van der Waals surface area contributed by atoms with E-state index in [0.29, 0.717) is 29.7 Å². The van der Waals surface area contributed by atoms with Crippen molar-refractivity contribution in [2.24, 2.45) is 0 Å². The van der Waals surface area contributed by atoms with Crippen molar-refractivity contribution in [3.8, 4) is 0 Å². The first kappa shape index (κ1) is 25.0. The van der Waals surface area contributed by atoms with Crippen molar-refractivity contribution in [3.63, 3.8) is 0 Å². The number of rotatable bonds is 8. The number of carbonyl (C=O) groups is 3. The van der Waals surface area contributed by atoms with Crippen LogP contribution < -0.4 is 10.6 Å². The monoisotopic (exact) mass is 511 g/mol. The molecule has 3 heterocycles. The minimum Gasteiger partial charge on any atom is -0.352 e. The third-order valence-electron chi connectivity index (χ3n) is 6.67. The van der Waals surface area contributed by atoms with Crippen molar-refractivity contribution in [1.29, 1.82) is 0 Å². The first-order valence-corrected chi connectivity index (χ1v) is 12.3. The lowest BCUT2D eigenvalue weighted by Gasteiger charge is -2.28. The summed E-state index contributed by atoms with van der Waals surface area (Å²) in [5.41, 5.74) is 4.10. The Morgan fingerprint density at radius 2 is 1.89 bits per heavy atom. The molecule has 192 valence electrons. The highest BCUT2D eigenvalue weighted by Crippen LogP contribution is 2.32. The second-order valence-electron chi connectivity index (χ2n) is 9.36. The Hall–Kier alpha value is -4.66. The fourth-order valence-corrected chi connectivity index (χ4v) is 4.76. The molecule has 1 unspecified atom stereocenters. The third kappa shape index (κ3) is 5.36. The summed E-state index contributed by atoms with van der Waals surface area (Å²) in [5.74, 6) is -1.64. The molecule has 1 atom stereocenters. The van der Waals surface area contributed by atoms with Crippen LogP contribution >= 0.6 is 0 Å². The molecule has 4 aromatic rings. The minimum atomic E-state index is -0.787. The number of nitrogens with zero attached hydrogens (tertiary/aromatic N) is 2. The van der Waals surface area contributed by atoms with Crippen molar-refractivity contribution in [1.82, 2.24) is 25.8 Å². The summed E-state index contributed by atoms with van der Waals surface area (Å²) in [6, 6.07) is 12.6. The number of hydrogen-bond donors (Lipinski definition) is 3. The van der Waals surface area contributed by atoms with E-state index in [0.717, 1.165) is 22.0 Å². The Morgan fingerprint density at radius 1 is 1.08 bits per heavy atom. The molecule has 1 aliphatic heterocycles. The van der Waals surface area contributed by atoms with Gasteiger partial charge in [0, 0.05) is 42.7 Å². The van der Waals surface area contributed by atoms with Crippen LogP contribution in [0.5, 0.6) is 0 Å². The van der Waals surface area contributed by atoms with Crippen LogP contribution in [0.3, 0.4) is 0 Å². The van der Waals surface area contributed by atoms with Crippen molar-refractivity contribution in [2.45, 2.75) is 32.2 Å². The van der Waals surface area contributed by atoms with E-state index in [4.69, 9.17) is 0 Å². The molecule has 0 radical (unpaired) electrons. The van der Waals surface area contributed by atoms with Gasteiger partial charge in [0.25, 0.3) is 5.91 Å². The molecule has 3 N–H and O–H groups in total. The molecule has 2 amide bonds. The van der Waals surface area contributed by atoms with E-state index in [2.05, 4.69) is 25.8 Å². The van der Waals surface area contributed by atoms with E-state index in [9.17, 15) is 18.8 Å². The minimum absolute atomic E-state index is 0.0991. The van der Waals surface area contributed by atoms with Gasteiger partial charge in [-0.15, -0.1) is 0 Å². The van der Waals surface area contributed by atoms with Crippen LogP contribution in [-0.2, 0) is 22.4 Å². The lowest BCUT2D eigenvalue weighted by molar-refractivity contribution is -0.121. The van der Waals surface area contributed by atoms with Gasteiger partial charge in [-0.25, -0.2) is 4.39 Å². The summed E-state index contributed by atoms with van der Waals surface area (Å²) in [6.07, 6.45) is 5.83. The molecule has 5 rings (SSSR count). The maximum absolute atomic E-state index is 14.7. The number of H-pyrrole nitrogens is 1. The molecular formula is C29H26FN5O3. The number of benzene rings is 2. The quantitative estimate of drug-likeness (QED) is 0.333. The summed E-state index contributed by atoms with van der Waals surface area (Å²) in [4.78, 5) is 42.7.